The van der Waals surface area contributed by atoms with E-state index in [-0.39, 0.29) is 34.1 Å². The summed E-state index contributed by atoms with van der Waals surface area (Å²) in [5, 5.41) is 12.0. The number of fused-ring (bicyclic) bond motifs is 1. The Morgan fingerprint density at radius 3 is 2.81 bits per heavy atom. The number of thioether (sulfide) groups is 1. The molecular formula is C17H15N3O5S2. The van der Waals surface area contributed by atoms with Crippen LogP contribution in [-0.2, 0) is 0 Å². The van der Waals surface area contributed by atoms with Gasteiger partial charge >= 0.3 is 5.69 Å². The first-order chi connectivity index (χ1) is 12.8. The third-order valence-corrected chi connectivity index (χ3v) is 6.03. The van der Waals surface area contributed by atoms with E-state index >= 15 is 0 Å². The normalized spacial score (nSPS) is 10.9. The average Bonchev–Trinajstić information content (AvgIpc) is 2.93. The standard InChI is InChI=1S/C17H15N3O5S2/c1-8-9(2)27-16-14(8)15(22)18-17(19-16)26-7-12(21)10-4-5-13(25-3)11(6-10)20(23)24/h4-6H,7H2,1-3H3,(H,18,19,22). The van der Waals surface area contributed by atoms with Crippen LogP contribution in [0.15, 0.2) is 28.2 Å². The van der Waals surface area contributed by atoms with Gasteiger partial charge in [-0.15, -0.1) is 11.3 Å². The van der Waals surface area contributed by atoms with Crippen molar-refractivity contribution in [3.8, 4) is 5.75 Å². The van der Waals surface area contributed by atoms with Crippen LogP contribution < -0.4 is 10.3 Å². The minimum atomic E-state index is -0.600. The van der Waals surface area contributed by atoms with E-state index in [2.05, 4.69) is 9.97 Å². The van der Waals surface area contributed by atoms with Crippen LogP contribution in [0.2, 0.25) is 0 Å². The van der Waals surface area contributed by atoms with Gasteiger partial charge in [-0.05, 0) is 31.5 Å². The molecule has 0 aliphatic rings. The number of carbonyl (C=O) groups excluding carboxylic acids is 1. The zero-order valence-electron chi connectivity index (χ0n) is 14.7. The minimum absolute atomic E-state index is 0.0126. The zero-order chi connectivity index (χ0) is 19.7. The van der Waals surface area contributed by atoms with Crippen LogP contribution in [0.5, 0.6) is 5.75 Å². The van der Waals surface area contributed by atoms with Crippen molar-refractivity contribution in [1.82, 2.24) is 9.97 Å². The number of aryl methyl sites for hydroxylation is 2. The lowest BCUT2D eigenvalue weighted by molar-refractivity contribution is -0.385. The number of benzene rings is 1. The van der Waals surface area contributed by atoms with Gasteiger partial charge in [-0.1, -0.05) is 11.8 Å². The van der Waals surface area contributed by atoms with Crippen molar-refractivity contribution in [3.63, 3.8) is 0 Å². The zero-order valence-corrected chi connectivity index (χ0v) is 16.3. The molecule has 8 nitrogen and oxygen atoms in total. The molecule has 27 heavy (non-hydrogen) atoms. The number of nitro benzene ring substituents is 1. The SMILES string of the molecule is COc1ccc(C(=O)CSc2nc3sc(C)c(C)c3c(=O)[nH]2)cc1[N+](=O)[O-]. The highest BCUT2D eigenvalue weighted by atomic mass is 32.2. The number of aromatic amines is 1. The number of methoxy groups -OCH3 is 1. The number of nitro groups is 1. The lowest BCUT2D eigenvalue weighted by Crippen LogP contribution is -2.10. The van der Waals surface area contributed by atoms with E-state index < -0.39 is 4.92 Å². The molecule has 0 unspecified atom stereocenters. The van der Waals surface area contributed by atoms with Crippen LogP contribution in [0, 0.1) is 24.0 Å². The molecule has 1 aromatic carbocycles. The fraction of sp³-hybridized carbons (Fsp3) is 0.235. The second-order valence-electron chi connectivity index (χ2n) is 5.69. The third-order valence-electron chi connectivity index (χ3n) is 4.05. The molecule has 3 aromatic rings. The number of thiophene rings is 1. The molecule has 0 radical (unpaired) electrons. The number of ketones is 1. The Kier molecular flexibility index (Phi) is 5.29. The van der Waals surface area contributed by atoms with Crippen LogP contribution in [0.4, 0.5) is 5.69 Å². The summed E-state index contributed by atoms with van der Waals surface area (Å²) in [6.07, 6.45) is 0. The molecule has 2 heterocycles. The van der Waals surface area contributed by atoms with Crippen LogP contribution in [0.25, 0.3) is 10.2 Å². The van der Waals surface area contributed by atoms with Gasteiger partial charge in [0, 0.05) is 16.5 Å². The molecule has 0 aliphatic heterocycles. The fourth-order valence-corrected chi connectivity index (χ4v) is 4.37. The maximum atomic E-state index is 12.4. The second kappa shape index (κ2) is 7.49. The molecular weight excluding hydrogens is 390 g/mol. The Morgan fingerprint density at radius 1 is 1.41 bits per heavy atom. The summed E-state index contributed by atoms with van der Waals surface area (Å²) in [7, 11) is 1.33. The number of carbonyl (C=O) groups is 1. The fourth-order valence-electron chi connectivity index (χ4n) is 2.53. The van der Waals surface area contributed by atoms with Crippen molar-refractivity contribution in [2.75, 3.05) is 12.9 Å². The highest BCUT2D eigenvalue weighted by Crippen LogP contribution is 2.29. The Labute approximate surface area is 161 Å². The van der Waals surface area contributed by atoms with Gasteiger partial charge in [0.2, 0.25) is 0 Å². The summed E-state index contributed by atoms with van der Waals surface area (Å²) < 4.78 is 4.93. The number of nitrogens with one attached hydrogen (secondary N) is 1. The Balaban J connectivity index is 1.82. The molecule has 0 spiro atoms. The number of Topliss-reactive ketones (excluding diaryl/α,β-unsaturated/α-hetero) is 1. The van der Waals surface area contributed by atoms with E-state index in [1.54, 1.807) is 0 Å². The van der Waals surface area contributed by atoms with Crippen LogP contribution in [0.1, 0.15) is 20.8 Å². The number of hydrogen-bond donors (Lipinski definition) is 1. The van der Waals surface area contributed by atoms with E-state index in [0.717, 1.165) is 22.2 Å². The lowest BCUT2D eigenvalue weighted by atomic mass is 10.1. The first kappa shape index (κ1) is 19.1. The molecule has 2 aromatic heterocycles. The van der Waals surface area contributed by atoms with Gasteiger partial charge in [-0.2, -0.15) is 0 Å². The summed E-state index contributed by atoms with van der Waals surface area (Å²) in [5.74, 6) is -0.238. The van der Waals surface area contributed by atoms with Gasteiger partial charge in [0.1, 0.15) is 4.83 Å². The molecule has 140 valence electrons. The molecule has 3 rings (SSSR count). The average molecular weight is 405 g/mol. The predicted octanol–water partition coefficient (Wildman–Crippen LogP) is 3.49. The van der Waals surface area contributed by atoms with Crippen LogP contribution >= 0.6 is 23.1 Å². The molecule has 0 saturated carbocycles. The third kappa shape index (κ3) is 3.71. The molecule has 0 fully saturated rings. The molecule has 0 atom stereocenters. The van der Waals surface area contributed by atoms with Gasteiger partial charge in [0.15, 0.2) is 16.7 Å². The van der Waals surface area contributed by atoms with E-state index in [1.807, 2.05) is 13.8 Å². The van der Waals surface area contributed by atoms with Crippen molar-refractivity contribution >= 4 is 44.8 Å². The van der Waals surface area contributed by atoms with Crippen molar-refractivity contribution < 1.29 is 14.5 Å². The second-order valence-corrected chi connectivity index (χ2v) is 7.86. The Hall–Kier alpha value is -2.72. The highest BCUT2D eigenvalue weighted by molar-refractivity contribution is 7.99. The van der Waals surface area contributed by atoms with Crippen molar-refractivity contribution in [1.29, 1.82) is 0 Å². The van der Waals surface area contributed by atoms with Crippen molar-refractivity contribution in [2.24, 2.45) is 0 Å². The van der Waals surface area contributed by atoms with Crippen molar-refractivity contribution in [2.45, 2.75) is 19.0 Å². The topological polar surface area (TPSA) is 115 Å². The highest BCUT2D eigenvalue weighted by Gasteiger charge is 2.19. The number of hydrogen-bond acceptors (Lipinski definition) is 8. The quantitative estimate of drug-likeness (QED) is 0.219. The maximum absolute atomic E-state index is 12.4. The van der Waals surface area contributed by atoms with Gasteiger partial charge in [-0.25, -0.2) is 4.98 Å². The molecule has 10 heteroatoms. The van der Waals surface area contributed by atoms with E-state index in [9.17, 15) is 19.7 Å². The summed E-state index contributed by atoms with van der Waals surface area (Å²) >= 11 is 2.51. The number of nitrogens with zero attached hydrogens (tertiary/aromatic N) is 2. The van der Waals surface area contributed by atoms with E-state index in [4.69, 9.17) is 4.74 Å². The first-order valence-electron chi connectivity index (χ1n) is 7.80. The molecule has 0 bridgehead atoms. The Bertz CT molecular complexity index is 1120. The van der Waals surface area contributed by atoms with Crippen LogP contribution in [0.3, 0.4) is 0 Å². The molecule has 0 amide bonds. The molecule has 0 aliphatic carbocycles. The maximum Gasteiger partial charge on any atom is 0.311 e. The largest absolute Gasteiger partial charge is 0.490 e. The molecule has 0 saturated heterocycles. The van der Waals surface area contributed by atoms with Crippen LogP contribution in [-0.4, -0.2) is 33.5 Å². The monoisotopic (exact) mass is 405 g/mol. The number of rotatable bonds is 6. The minimum Gasteiger partial charge on any atom is -0.490 e. The predicted molar refractivity (Wildman–Crippen MR) is 104 cm³/mol. The summed E-state index contributed by atoms with van der Waals surface area (Å²) in [5.41, 5.74) is 0.589. The number of ether oxygens (including phenoxy) is 1. The van der Waals surface area contributed by atoms with Gasteiger partial charge in [0.05, 0.1) is 23.2 Å². The Morgan fingerprint density at radius 2 is 2.15 bits per heavy atom. The van der Waals surface area contributed by atoms with Gasteiger partial charge < -0.3 is 9.72 Å². The number of aromatic nitrogens is 2. The van der Waals surface area contributed by atoms with E-state index in [0.29, 0.717) is 15.4 Å². The van der Waals surface area contributed by atoms with Crippen molar-refractivity contribution in [3.05, 3.63) is 54.7 Å². The summed E-state index contributed by atoms with van der Waals surface area (Å²) in [6.45, 7) is 3.80. The number of H-pyrrole nitrogens is 1. The lowest BCUT2D eigenvalue weighted by Gasteiger charge is -2.05. The summed E-state index contributed by atoms with van der Waals surface area (Å²) in [6, 6.07) is 4.05. The van der Waals surface area contributed by atoms with E-state index in [1.165, 1.54) is 36.6 Å². The van der Waals surface area contributed by atoms with Gasteiger partial charge in [-0.3, -0.25) is 19.7 Å². The van der Waals surface area contributed by atoms with Gasteiger partial charge in [0.25, 0.3) is 5.56 Å². The smallest absolute Gasteiger partial charge is 0.311 e. The molecule has 1 N–H and O–H groups in total. The first-order valence-corrected chi connectivity index (χ1v) is 9.60. The summed E-state index contributed by atoms with van der Waals surface area (Å²) in [4.78, 5) is 43.9.